The first-order chi connectivity index (χ1) is 11.4. The smallest absolute Gasteiger partial charge is 0.161 e. The van der Waals surface area contributed by atoms with Crippen molar-refractivity contribution in [1.82, 2.24) is 10.2 Å². The average molecular weight is 307 g/mol. The highest BCUT2D eigenvalue weighted by Gasteiger charge is 2.11. The third-order valence-electron chi connectivity index (χ3n) is 3.78. The zero-order valence-corrected chi connectivity index (χ0v) is 12.6. The molecule has 1 aliphatic heterocycles. The van der Waals surface area contributed by atoms with Crippen LogP contribution in [0.25, 0.3) is 11.3 Å². The number of ether oxygens (including phenoxy) is 2. The van der Waals surface area contributed by atoms with Crippen LogP contribution in [0, 0.1) is 0 Å². The summed E-state index contributed by atoms with van der Waals surface area (Å²) in [5.41, 5.74) is 4.33. The maximum Gasteiger partial charge on any atom is 0.161 e. The molecule has 1 aliphatic rings. The number of nitrogens with zero attached hydrogens (tertiary/aromatic N) is 1. The summed E-state index contributed by atoms with van der Waals surface area (Å²) >= 11 is 0. The van der Waals surface area contributed by atoms with E-state index in [1.54, 1.807) is 6.20 Å². The van der Waals surface area contributed by atoms with Crippen LogP contribution < -0.4 is 14.8 Å². The molecular formula is C18H17N3O2. The molecule has 0 fully saturated rings. The van der Waals surface area contributed by atoms with Gasteiger partial charge in [0, 0.05) is 24.0 Å². The van der Waals surface area contributed by atoms with Crippen molar-refractivity contribution in [3.05, 3.63) is 60.3 Å². The molecular weight excluding hydrogens is 290 g/mol. The topological polar surface area (TPSA) is 59.2 Å². The Bertz CT molecular complexity index is 800. The molecule has 4 rings (SSSR count). The van der Waals surface area contributed by atoms with Gasteiger partial charge < -0.3 is 14.8 Å². The van der Waals surface area contributed by atoms with E-state index in [4.69, 9.17) is 9.47 Å². The zero-order valence-electron chi connectivity index (χ0n) is 12.6. The molecule has 0 saturated carbocycles. The number of hydrogen-bond donors (Lipinski definition) is 2. The van der Waals surface area contributed by atoms with Crippen molar-refractivity contribution >= 4 is 5.69 Å². The average Bonchev–Trinajstić information content (AvgIpc) is 3.15. The second kappa shape index (κ2) is 6.04. The predicted molar refractivity (Wildman–Crippen MR) is 88.8 cm³/mol. The molecule has 2 N–H and O–H groups in total. The monoisotopic (exact) mass is 307 g/mol. The number of benzene rings is 2. The molecule has 23 heavy (non-hydrogen) atoms. The molecule has 0 bridgehead atoms. The number of anilines is 1. The lowest BCUT2D eigenvalue weighted by Crippen LogP contribution is -2.15. The van der Waals surface area contributed by atoms with Crippen molar-refractivity contribution in [3.8, 4) is 22.8 Å². The van der Waals surface area contributed by atoms with Gasteiger partial charge in [-0.15, -0.1) is 0 Å². The van der Waals surface area contributed by atoms with E-state index < -0.39 is 0 Å². The van der Waals surface area contributed by atoms with Gasteiger partial charge in [0.25, 0.3) is 0 Å². The standard InChI is InChI=1S/C18H17N3O2/c1-2-14(16-6-7-20-21-16)11-15(3-1)19-12-13-4-5-17-18(10-13)23-9-8-22-17/h1-7,10-11,19H,8-9,12H2,(H,20,21). The van der Waals surface area contributed by atoms with Crippen LogP contribution in [0.5, 0.6) is 11.5 Å². The van der Waals surface area contributed by atoms with Gasteiger partial charge in [0.1, 0.15) is 13.2 Å². The summed E-state index contributed by atoms with van der Waals surface area (Å²) < 4.78 is 11.2. The summed E-state index contributed by atoms with van der Waals surface area (Å²) in [7, 11) is 0. The number of H-pyrrole nitrogens is 1. The molecule has 0 saturated heterocycles. The lowest BCUT2D eigenvalue weighted by molar-refractivity contribution is 0.171. The van der Waals surface area contributed by atoms with E-state index in [0.717, 1.165) is 40.6 Å². The third kappa shape index (κ3) is 2.99. The van der Waals surface area contributed by atoms with Crippen LogP contribution in [0.2, 0.25) is 0 Å². The number of aromatic amines is 1. The van der Waals surface area contributed by atoms with Gasteiger partial charge in [0.05, 0.1) is 5.69 Å². The van der Waals surface area contributed by atoms with Crippen LogP contribution >= 0.6 is 0 Å². The van der Waals surface area contributed by atoms with E-state index in [2.05, 4.69) is 39.8 Å². The minimum absolute atomic E-state index is 0.607. The van der Waals surface area contributed by atoms with E-state index in [9.17, 15) is 0 Å². The molecule has 2 heterocycles. The number of fused-ring (bicyclic) bond motifs is 1. The minimum atomic E-state index is 0.607. The molecule has 0 amide bonds. The van der Waals surface area contributed by atoms with Crippen LogP contribution in [0.4, 0.5) is 5.69 Å². The van der Waals surface area contributed by atoms with E-state index in [-0.39, 0.29) is 0 Å². The largest absolute Gasteiger partial charge is 0.486 e. The summed E-state index contributed by atoms with van der Waals surface area (Å²) in [5, 5.41) is 10.4. The highest BCUT2D eigenvalue weighted by Crippen LogP contribution is 2.31. The summed E-state index contributed by atoms with van der Waals surface area (Å²) in [6.45, 7) is 1.95. The minimum Gasteiger partial charge on any atom is -0.486 e. The Hall–Kier alpha value is -2.95. The van der Waals surface area contributed by atoms with Crippen molar-refractivity contribution in [3.63, 3.8) is 0 Å². The van der Waals surface area contributed by atoms with Gasteiger partial charge >= 0.3 is 0 Å². The van der Waals surface area contributed by atoms with Crippen LogP contribution in [0.15, 0.2) is 54.7 Å². The Morgan fingerprint density at radius 2 is 1.91 bits per heavy atom. The molecule has 0 spiro atoms. The predicted octanol–water partition coefficient (Wildman–Crippen LogP) is 3.46. The van der Waals surface area contributed by atoms with E-state index >= 15 is 0 Å². The second-order valence-electron chi connectivity index (χ2n) is 5.38. The molecule has 3 aromatic rings. The van der Waals surface area contributed by atoms with Crippen molar-refractivity contribution in [2.75, 3.05) is 18.5 Å². The zero-order chi connectivity index (χ0) is 15.5. The molecule has 5 heteroatoms. The normalized spacial score (nSPS) is 12.9. The number of aromatic nitrogens is 2. The number of hydrogen-bond acceptors (Lipinski definition) is 4. The lowest BCUT2D eigenvalue weighted by Gasteiger charge is -2.19. The van der Waals surface area contributed by atoms with Gasteiger partial charge in [-0.2, -0.15) is 5.10 Å². The highest BCUT2D eigenvalue weighted by molar-refractivity contribution is 5.64. The van der Waals surface area contributed by atoms with Gasteiger partial charge in [-0.25, -0.2) is 0 Å². The van der Waals surface area contributed by atoms with Crippen LogP contribution in [0.3, 0.4) is 0 Å². The molecule has 0 aliphatic carbocycles. The van der Waals surface area contributed by atoms with Crippen molar-refractivity contribution in [2.24, 2.45) is 0 Å². The van der Waals surface area contributed by atoms with Gasteiger partial charge in [0.2, 0.25) is 0 Å². The fourth-order valence-corrected chi connectivity index (χ4v) is 2.62. The van der Waals surface area contributed by atoms with Crippen molar-refractivity contribution in [2.45, 2.75) is 6.54 Å². The SMILES string of the molecule is c1cc(NCc2ccc3c(c2)OCCO3)cc(-c2ccn[nH]2)c1. The van der Waals surface area contributed by atoms with Gasteiger partial charge in [-0.3, -0.25) is 5.10 Å². The maximum absolute atomic E-state index is 5.62. The van der Waals surface area contributed by atoms with E-state index in [1.807, 2.05) is 24.3 Å². The van der Waals surface area contributed by atoms with Crippen LogP contribution in [0.1, 0.15) is 5.56 Å². The van der Waals surface area contributed by atoms with Gasteiger partial charge in [-0.05, 0) is 35.9 Å². The highest BCUT2D eigenvalue weighted by atomic mass is 16.6. The van der Waals surface area contributed by atoms with Crippen molar-refractivity contribution < 1.29 is 9.47 Å². The Balaban J connectivity index is 1.48. The van der Waals surface area contributed by atoms with Gasteiger partial charge in [-0.1, -0.05) is 18.2 Å². The second-order valence-corrected chi connectivity index (χ2v) is 5.38. The number of nitrogens with one attached hydrogen (secondary N) is 2. The molecule has 1 aromatic heterocycles. The maximum atomic E-state index is 5.62. The Labute approximate surface area is 134 Å². The lowest BCUT2D eigenvalue weighted by atomic mass is 10.1. The summed E-state index contributed by atoms with van der Waals surface area (Å²) in [4.78, 5) is 0. The fourth-order valence-electron chi connectivity index (χ4n) is 2.62. The quantitative estimate of drug-likeness (QED) is 0.775. The number of rotatable bonds is 4. The first-order valence-electron chi connectivity index (χ1n) is 7.61. The molecule has 5 nitrogen and oxygen atoms in total. The molecule has 0 unspecified atom stereocenters. The molecule has 116 valence electrons. The first kappa shape index (κ1) is 13.7. The Kier molecular flexibility index (Phi) is 3.60. The van der Waals surface area contributed by atoms with E-state index in [1.165, 1.54) is 0 Å². The first-order valence-corrected chi connectivity index (χ1v) is 7.61. The Morgan fingerprint density at radius 3 is 2.78 bits per heavy atom. The summed E-state index contributed by atoms with van der Waals surface area (Å²) in [6.07, 6.45) is 1.75. The molecule has 0 radical (unpaired) electrons. The van der Waals surface area contributed by atoms with Crippen LogP contribution in [-0.2, 0) is 6.54 Å². The van der Waals surface area contributed by atoms with E-state index in [0.29, 0.717) is 13.2 Å². The van der Waals surface area contributed by atoms with Crippen molar-refractivity contribution in [1.29, 1.82) is 0 Å². The fraction of sp³-hybridized carbons (Fsp3) is 0.167. The summed E-state index contributed by atoms with van der Waals surface area (Å²) in [5.74, 6) is 1.64. The third-order valence-corrected chi connectivity index (χ3v) is 3.78. The Morgan fingerprint density at radius 1 is 1.00 bits per heavy atom. The van der Waals surface area contributed by atoms with Gasteiger partial charge in [0.15, 0.2) is 11.5 Å². The molecule has 0 atom stereocenters. The molecule has 2 aromatic carbocycles. The summed E-state index contributed by atoms with van der Waals surface area (Å²) in [6, 6.07) is 16.3. The van der Waals surface area contributed by atoms with Crippen LogP contribution in [-0.4, -0.2) is 23.4 Å².